The predicted molar refractivity (Wildman–Crippen MR) is 154 cm³/mol. The van der Waals surface area contributed by atoms with E-state index < -0.39 is 0 Å². The fourth-order valence-electron chi connectivity index (χ4n) is 4.35. The van der Waals surface area contributed by atoms with Gasteiger partial charge in [0.05, 0.1) is 20.1 Å². The average Bonchev–Trinajstić information content (AvgIpc) is 3.68. The van der Waals surface area contributed by atoms with Crippen LogP contribution in [-0.2, 0) is 11.5 Å². The van der Waals surface area contributed by atoms with Crippen LogP contribution in [0.1, 0.15) is 34.0 Å². The Hall–Kier alpha value is -3.48. The highest BCUT2D eigenvalue weighted by molar-refractivity contribution is 7.99. The molecule has 0 bridgehead atoms. The molecule has 0 radical (unpaired) electrons. The molecule has 4 nitrogen and oxygen atoms in total. The summed E-state index contributed by atoms with van der Waals surface area (Å²) >= 11 is 3.76. The Bertz CT molecular complexity index is 1280. The van der Waals surface area contributed by atoms with Crippen molar-refractivity contribution in [1.82, 2.24) is 9.97 Å². The number of hydrogen-bond acceptors (Lipinski definition) is 4. The molecule has 2 aromatic heterocycles. The van der Waals surface area contributed by atoms with Crippen LogP contribution in [0.25, 0.3) is 0 Å². The first-order valence-electron chi connectivity index (χ1n) is 12.2. The molecule has 6 heteroatoms. The number of H-pyrrole nitrogens is 2. The number of nitrogens with one attached hydrogen (secondary N) is 2. The normalized spacial score (nSPS) is 11.1. The van der Waals surface area contributed by atoms with Crippen molar-refractivity contribution in [2.24, 2.45) is 0 Å². The SMILES string of the molecule is COc1ccc(CSc2cccc(SCc3ccc(OC)cc3)c2C(c2ccc[nH]2)c2ccc[nH]2)cc1. The molecule has 0 aliphatic carbocycles. The van der Waals surface area contributed by atoms with Crippen molar-refractivity contribution in [3.05, 3.63) is 131 Å². The topological polar surface area (TPSA) is 50.0 Å². The first-order valence-corrected chi connectivity index (χ1v) is 14.1. The van der Waals surface area contributed by atoms with Gasteiger partial charge in [0.2, 0.25) is 0 Å². The van der Waals surface area contributed by atoms with E-state index in [-0.39, 0.29) is 5.92 Å². The summed E-state index contributed by atoms with van der Waals surface area (Å²) in [7, 11) is 3.40. The maximum atomic E-state index is 5.33. The fraction of sp³-hybridized carbons (Fsp3) is 0.161. The van der Waals surface area contributed by atoms with E-state index in [4.69, 9.17) is 9.47 Å². The van der Waals surface area contributed by atoms with Crippen LogP contribution in [0, 0.1) is 0 Å². The Morgan fingerprint density at radius 2 is 1.05 bits per heavy atom. The van der Waals surface area contributed by atoms with E-state index in [0.29, 0.717) is 0 Å². The minimum absolute atomic E-state index is 0.0722. The van der Waals surface area contributed by atoms with Crippen LogP contribution in [0.2, 0.25) is 0 Å². The monoisotopic (exact) mass is 526 g/mol. The molecule has 2 heterocycles. The van der Waals surface area contributed by atoms with E-state index in [1.54, 1.807) is 14.2 Å². The zero-order valence-electron chi connectivity index (χ0n) is 20.9. The Morgan fingerprint density at radius 1 is 0.595 bits per heavy atom. The molecule has 0 atom stereocenters. The second kappa shape index (κ2) is 12.2. The highest BCUT2D eigenvalue weighted by Crippen LogP contribution is 2.43. The molecule has 0 spiro atoms. The smallest absolute Gasteiger partial charge is 0.118 e. The fourth-order valence-corrected chi connectivity index (χ4v) is 6.56. The van der Waals surface area contributed by atoms with Crippen LogP contribution >= 0.6 is 23.5 Å². The lowest BCUT2D eigenvalue weighted by Gasteiger charge is -2.22. The Balaban J connectivity index is 1.50. The molecule has 5 rings (SSSR count). The van der Waals surface area contributed by atoms with Gasteiger partial charge in [-0.15, -0.1) is 23.5 Å². The molecule has 2 N–H and O–H groups in total. The van der Waals surface area contributed by atoms with E-state index in [1.165, 1.54) is 37.9 Å². The van der Waals surface area contributed by atoms with Gasteiger partial charge in [-0.05, 0) is 77.4 Å². The van der Waals surface area contributed by atoms with E-state index in [2.05, 4.69) is 76.7 Å². The Kier molecular flexibility index (Phi) is 8.28. The van der Waals surface area contributed by atoms with Crippen molar-refractivity contribution in [3.8, 4) is 11.5 Å². The molecule has 188 valence electrons. The molecule has 0 saturated carbocycles. The minimum atomic E-state index is 0.0722. The van der Waals surface area contributed by atoms with Crippen molar-refractivity contribution in [2.75, 3.05) is 14.2 Å². The zero-order valence-corrected chi connectivity index (χ0v) is 22.6. The van der Waals surface area contributed by atoms with Gasteiger partial charge in [-0.1, -0.05) is 30.3 Å². The lowest BCUT2D eigenvalue weighted by molar-refractivity contribution is 0.414. The number of ether oxygens (including phenoxy) is 2. The summed E-state index contributed by atoms with van der Waals surface area (Å²) in [4.78, 5) is 9.53. The van der Waals surface area contributed by atoms with Crippen LogP contribution in [0.3, 0.4) is 0 Å². The maximum Gasteiger partial charge on any atom is 0.118 e. The summed E-state index contributed by atoms with van der Waals surface area (Å²) in [6, 6.07) is 31.8. The van der Waals surface area contributed by atoms with Gasteiger partial charge in [-0.2, -0.15) is 0 Å². The summed E-state index contributed by atoms with van der Waals surface area (Å²) in [6.45, 7) is 0. The standard InChI is InChI=1S/C31H30N2O2S2/c1-34-24-14-10-22(11-15-24)20-36-28-8-3-9-29(37-21-23-12-16-25(35-2)17-13-23)31(28)30(26-6-4-18-32-26)27-7-5-19-33-27/h3-19,30,32-33H,20-21H2,1-2H3. The number of rotatable bonds is 11. The molecule has 0 unspecified atom stereocenters. The van der Waals surface area contributed by atoms with E-state index in [0.717, 1.165) is 23.0 Å². The van der Waals surface area contributed by atoms with Gasteiger partial charge in [0.25, 0.3) is 0 Å². The largest absolute Gasteiger partial charge is 0.497 e. The van der Waals surface area contributed by atoms with Gasteiger partial charge >= 0.3 is 0 Å². The van der Waals surface area contributed by atoms with Crippen LogP contribution < -0.4 is 9.47 Å². The number of benzene rings is 3. The van der Waals surface area contributed by atoms with Crippen LogP contribution in [0.15, 0.2) is 113 Å². The Morgan fingerprint density at radius 3 is 1.43 bits per heavy atom. The van der Waals surface area contributed by atoms with Crippen molar-refractivity contribution in [3.63, 3.8) is 0 Å². The van der Waals surface area contributed by atoms with Gasteiger partial charge in [0.15, 0.2) is 0 Å². The van der Waals surface area contributed by atoms with Gasteiger partial charge in [-0.25, -0.2) is 0 Å². The molecule has 0 aliphatic rings. The van der Waals surface area contributed by atoms with Crippen LogP contribution in [0.5, 0.6) is 11.5 Å². The third-order valence-electron chi connectivity index (χ3n) is 6.29. The quantitative estimate of drug-likeness (QED) is 0.171. The lowest BCUT2D eigenvalue weighted by Crippen LogP contribution is -2.08. The number of methoxy groups -OCH3 is 2. The van der Waals surface area contributed by atoms with Gasteiger partial charge < -0.3 is 19.4 Å². The van der Waals surface area contributed by atoms with Gasteiger partial charge in [0, 0.05) is 45.1 Å². The molecule has 5 aromatic rings. The molecule has 3 aromatic carbocycles. The molecule has 0 saturated heterocycles. The first kappa shape index (κ1) is 25.2. The summed E-state index contributed by atoms with van der Waals surface area (Å²) in [5, 5.41) is 0. The average molecular weight is 527 g/mol. The molecule has 37 heavy (non-hydrogen) atoms. The first-order chi connectivity index (χ1) is 18.2. The van der Waals surface area contributed by atoms with E-state index in [1.807, 2.05) is 60.2 Å². The van der Waals surface area contributed by atoms with Crippen LogP contribution in [0.4, 0.5) is 0 Å². The highest BCUT2D eigenvalue weighted by Gasteiger charge is 2.25. The molecular formula is C31H30N2O2S2. The summed E-state index contributed by atoms with van der Waals surface area (Å²) in [5.41, 5.74) is 6.20. The maximum absolute atomic E-state index is 5.33. The number of aromatic amines is 2. The molecule has 0 fully saturated rings. The lowest BCUT2D eigenvalue weighted by atomic mass is 9.92. The highest BCUT2D eigenvalue weighted by atomic mass is 32.2. The summed E-state index contributed by atoms with van der Waals surface area (Å²) < 4.78 is 10.7. The molecule has 0 amide bonds. The second-order valence-corrected chi connectivity index (χ2v) is 10.7. The third kappa shape index (κ3) is 6.09. The van der Waals surface area contributed by atoms with E-state index >= 15 is 0 Å². The summed E-state index contributed by atoms with van der Waals surface area (Å²) in [5.74, 6) is 3.59. The van der Waals surface area contributed by atoms with E-state index in [9.17, 15) is 0 Å². The van der Waals surface area contributed by atoms with Crippen molar-refractivity contribution in [1.29, 1.82) is 0 Å². The van der Waals surface area contributed by atoms with Gasteiger partial charge in [-0.3, -0.25) is 0 Å². The zero-order chi connectivity index (χ0) is 25.5. The summed E-state index contributed by atoms with van der Waals surface area (Å²) in [6.07, 6.45) is 4.01. The molecular weight excluding hydrogens is 496 g/mol. The minimum Gasteiger partial charge on any atom is -0.497 e. The number of aromatic nitrogens is 2. The molecule has 0 aliphatic heterocycles. The number of thioether (sulfide) groups is 2. The third-order valence-corrected chi connectivity index (χ3v) is 8.58. The van der Waals surface area contributed by atoms with Crippen molar-refractivity contribution < 1.29 is 9.47 Å². The number of hydrogen-bond donors (Lipinski definition) is 2. The Labute approximate surface area is 226 Å². The predicted octanol–water partition coefficient (Wildman–Crippen LogP) is 8.12. The van der Waals surface area contributed by atoms with Crippen LogP contribution in [-0.4, -0.2) is 24.2 Å². The van der Waals surface area contributed by atoms with Crippen molar-refractivity contribution >= 4 is 23.5 Å². The van der Waals surface area contributed by atoms with Crippen molar-refractivity contribution in [2.45, 2.75) is 27.2 Å². The van der Waals surface area contributed by atoms with Gasteiger partial charge in [0.1, 0.15) is 11.5 Å². The second-order valence-electron chi connectivity index (χ2n) is 8.63.